The molecule has 1 aliphatic carbocycles. The molecule has 3 aromatic heterocycles. The third kappa shape index (κ3) is 4.12. The van der Waals surface area contributed by atoms with Crippen LogP contribution in [0.2, 0.25) is 0 Å². The van der Waals surface area contributed by atoms with Crippen molar-refractivity contribution in [1.29, 1.82) is 5.26 Å². The first-order chi connectivity index (χ1) is 27.5. The van der Waals surface area contributed by atoms with Gasteiger partial charge in [0.2, 0.25) is 0 Å². The van der Waals surface area contributed by atoms with Gasteiger partial charge in [0.25, 0.3) is 0 Å². The van der Waals surface area contributed by atoms with Crippen LogP contribution in [-0.4, -0.2) is 9.13 Å². The molecule has 0 aliphatic heterocycles. The van der Waals surface area contributed by atoms with Crippen LogP contribution >= 0.6 is 0 Å². The fourth-order valence-electron chi connectivity index (χ4n) is 9.84. The van der Waals surface area contributed by atoms with Crippen molar-refractivity contribution in [2.75, 3.05) is 0 Å². The van der Waals surface area contributed by atoms with Crippen LogP contribution in [0.3, 0.4) is 0 Å². The molecule has 0 bridgehead atoms. The molecule has 0 N–H and O–H groups in total. The Morgan fingerprint density at radius 1 is 0.482 bits per heavy atom. The van der Waals surface area contributed by atoms with E-state index >= 15 is 0 Å². The Bertz CT molecular complexity index is 3530. The van der Waals surface area contributed by atoms with E-state index in [1.807, 2.05) is 24.3 Å². The van der Waals surface area contributed by atoms with Crippen molar-refractivity contribution in [1.82, 2.24) is 9.13 Å². The average molecular weight is 716 g/mol. The average Bonchev–Trinajstić information content (AvgIpc) is 3.94. The molecule has 262 valence electrons. The van der Waals surface area contributed by atoms with Crippen molar-refractivity contribution >= 4 is 65.6 Å². The van der Waals surface area contributed by atoms with Gasteiger partial charge in [-0.05, 0) is 88.0 Å². The second-order valence-electron chi connectivity index (χ2n) is 15.7. The summed E-state index contributed by atoms with van der Waals surface area (Å²) in [6, 6.07) is 60.9. The zero-order chi connectivity index (χ0) is 37.3. The van der Waals surface area contributed by atoms with Gasteiger partial charge in [-0.25, -0.2) is 0 Å². The van der Waals surface area contributed by atoms with Gasteiger partial charge in [-0.3, -0.25) is 0 Å². The normalized spacial score (nSPS) is 13.3. The summed E-state index contributed by atoms with van der Waals surface area (Å²) in [5.74, 6) is 0. The number of hydrogen-bond acceptors (Lipinski definition) is 2. The van der Waals surface area contributed by atoms with Crippen molar-refractivity contribution in [3.63, 3.8) is 0 Å². The van der Waals surface area contributed by atoms with Gasteiger partial charge >= 0.3 is 0 Å². The second kappa shape index (κ2) is 11.1. The lowest BCUT2D eigenvalue weighted by Crippen LogP contribution is -2.16. The monoisotopic (exact) mass is 715 g/mol. The van der Waals surface area contributed by atoms with Crippen molar-refractivity contribution < 1.29 is 4.42 Å². The zero-order valence-corrected chi connectivity index (χ0v) is 30.8. The van der Waals surface area contributed by atoms with Gasteiger partial charge in [-0.15, -0.1) is 0 Å². The summed E-state index contributed by atoms with van der Waals surface area (Å²) in [7, 11) is 0. The molecule has 8 aromatic carbocycles. The van der Waals surface area contributed by atoms with Crippen molar-refractivity contribution in [2.24, 2.45) is 0 Å². The molecule has 0 saturated heterocycles. The molecule has 0 fully saturated rings. The quantitative estimate of drug-likeness (QED) is 0.183. The van der Waals surface area contributed by atoms with E-state index in [2.05, 4.69) is 169 Å². The summed E-state index contributed by atoms with van der Waals surface area (Å²) in [5, 5.41) is 17.6. The minimum Gasteiger partial charge on any atom is -0.456 e. The van der Waals surface area contributed by atoms with Crippen LogP contribution in [-0.2, 0) is 5.41 Å². The Balaban J connectivity index is 1.09. The Kier molecular flexibility index (Phi) is 6.15. The molecule has 11 aromatic rings. The highest BCUT2D eigenvalue weighted by atomic mass is 16.3. The number of aromatic nitrogens is 2. The van der Waals surface area contributed by atoms with Gasteiger partial charge < -0.3 is 13.6 Å². The highest BCUT2D eigenvalue weighted by Gasteiger charge is 2.38. The Morgan fingerprint density at radius 3 is 2.04 bits per heavy atom. The number of para-hydroxylation sites is 3. The number of benzene rings is 8. The zero-order valence-electron chi connectivity index (χ0n) is 30.8. The fraction of sp³-hybridized carbons (Fsp3) is 0.0577. The minimum atomic E-state index is -0.210. The van der Waals surface area contributed by atoms with E-state index in [9.17, 15) is 5.26 Å². The maximum atomic E-state index is 10.5. The molecule has 1 aliphatic rings. The number of hydrogen-bond donors (Lipinski definition) is 0. The van der Waals surface area contributed by atoms with Gasteiger partial charge in [-0.2, -0.15) is 5.26 Å². The lowest BCUT2D eigenvalue weighted by molar-refractivity contribution is 0.664. The van der Waals surface area contributed by atoms with E-state index in [1.165, 1.54) is 49.3 Å². The molecule has 0 radical (unpaired) electrons. The molecule has 0 unspecified atom stereocenters. The number of nitriles is 1. The standard InChI is InChI=1S/C52H33N3O/c1-52(2)44-18-7-3-14-36(44)40-22-23-41-37-15-4-9-20-46(37)55(51(41)50(40)52)35-25-31(30-53)24-33(27-35)32-12-11-13-34(26-32)54-45-19-8-5-16-38(45)42-28-43-39-17-6-10-21-48(39)56-49(43)29-47(42)54/h3-29H,1-2H3. The van der Waals surface area contributed by atoms with Crippen LogP contribution < -0.4 is 0 Å². The summed E-state index contributed by atoms with van der Waals surface area (Å²) >= 11 is 0. The molecule has 0 saturated carbocycles. The lowest BCUT2D eigenvalue weighted by Gasteiger charge is -2.24. The van der Waals surface area contributed by atoms with Gasteiger partial charge in [-0.1, -0.05) is 117 Å². The van der Waals surface area contributed by atoms with E-state index in [4.69, 9.17) is 4.42 Å². The summed E-state index contributed by atoms with van der Waals surface area (Å²) in [5.41, 5.74) is 16.0. The molecule has 4 nitrogen and oxygen atoms in total. The van der Waals surface area contributed by atoms with Gasteiger partial charge in [0.1, 0.15) is 11.2 Å². The molecule has 12 rings (SSSR count). The highest BCUT2D eigenvalue weighted by molar-refractivity contribution is 6.17. The van der Waals surface area contributed by atoms with Crippen molar-refractivity contribution in [3.8, 4) is 39.7 Å². The Morgan fingerprint density at radius 2 is 1.20 bits per heavy atom. The number of nitrogens with zero attached hydrogens (tertiary/aromatic N) is 3. The van der Waals surface area contributed by atoms with Gasteiger partial charge in [0.15, 0.2) is 0 Å². The maximum Gasteiger partial charge on any atom is 0.137 e. The summed E-state index contributed by atoms with van der Waals surface area (Å²) in [6.45, 7) is 4.69. The van der Waals surface area contributed by atoms with Crippen LogP contribution in [0.5, 0.6) is 0 Å². The van der Waals surface area contributed by atoms with E-state index in [1.54, 1.807) is 0 Å². The largest absolute Gasteiger partial charge is 0.456 e. The molecule has 3 heterocycles. The molecule has 4 heteroatoms. The first-order valence-corrected chi connectivity index (χ1v) is 19.2. The van der Waals surface area contributed by atoms with Crippen molar-refractivity contribution in [3.05, 3.63) is 180 Å². The number of fused-ring (bicyclic) bond motifs is 13. The van der Waals surface area contributed by atoms with E-state index in [-0.39, 0.29) is 5.41 Å². The Labute approximate surface area is 322 Å². The molecule has 0 spiro atoms. The van der Waals surface area contributed by atoms with E-state index in [0.717, 1.165) is 61.0 Å². The van der Waals surface area contributed by atoms with Crippen molar-refractivity contribution in [2.45, 2.75) is 19.3 Å². The third-order valence-corrected chi connectivity index (χ3v) is 12.3. The number of rotatable bonds is 3. The second-order valence-corrected chi connectivity index (χ2v) is 15.7. The molecule has 56 heavy (non-hydrogen) atoms. The summed E-state index contributed by atoms with van der Waals surface area (Å²) in [4.78, 5) is 0. The predicted octanol–water partition coefficient (Wildman–Crippen LogP) is 13.6. The smallest absolute Gasteiger partial charge is 0.137 e. The first-order valence-electron chi connectivity index (χ1n) is 19.2. The maximum absolute atomic E-state index is 10.5. The van der Waals surface area contributed by atoms with Crippen LogP contribution in [0.15, 0.2) is 168 Å². The van der Waals surface area contributed by atoms with Crippen LogP contribution in [0.4, 0.5) is 0 Å². The van der Waals surface area contributed by atoms with Crippen LogP contribution in [0, 0.1) is 11.3 Å². The minimum absolute atomic E-state index is 0.210. The summed E-state index contributed by atoms with van der Waals surface area (Å²) in [6.07, 6.45) is 0. The van der Waals surface area contributed by atoms with E-state index in [0.29, 0.717) is 5.56 Å². The highest BCUT2D eigenvalue weighted by Crippen LogP contribution is 2.53. The molecular weight excluding hydrogens is 683 g/mol. The lowest BCUT2D eigenvalue weighted by atomic mass is 9.81. The van der Waals surface area contributed by atoms with Gasteiger partial charge in [0.05, 0.1) is 33.7 Å². The van der Waals surface area contributed by atoms with Crippen LogP contribution in [0.1, 0.15) is 30.5 Å². The van der Waals surface area contributed by atoms with Gasteiger partial charge in [0, 0.05) is 55.2 Å². The Hall–Kier alpha value is -7.35. The third-order valence-electron chi connectivity index (χ3n) is 12.3. The number of furan rings is 1. The topological polar surface area (TPSA) is 46.8 Å². The predicted molar refractivity (Wildman–Crippen MR) is 230 cm³/mol. The first kappa shape index (κ1) is 31.0. The molecule has 0 atom stereocenters. The molecule has 0 amide bonds. The van der Waals surface area contributed by atoms with Crippen LogP contribution in [0.25, 0.3) is 99.2 Å². The summed E-state index contributed by atoms with van der Waals surface area (Å²) < 4.78 is 11.1. The molecular formula is C52H33N3O. The van der Waals surface area contributed by atoms with E-state index < -0.39 is 0 Å². The fourth-order valence-corrected chi connectivity index (χ4v) is 9.84. The SMILES string of the molecule is CC1(C)c2ccccc2-c2ccc3c4ccccc4n(-c4cc(C#N)cc(-c5cccc(-n6c7ccccc7c7cc8c(cc76)oc6ccccc68)c5)c4)c3c21.